The topological polar surface area (TPSA) is 50.8 Å². The Morgan fingerprint density at radius 1 is 1.33 bits per heavy atom. The summed E-state index contributed by atoms with van der Waals surface area (Å²) in [6.45, 7) is 3.70. The number of hydroxylamine groups is 1. The van der Waals surface area contributed by atoms with Gasteiger partial charge in [-0.05, 0) is 6.42 Å². The van der Waals surface area contributed by atoms with Crippen LogP contribution in [0.25, 0.3) is 0 Å². The summed E-state index contributed by atoms with van der Waals surface area (Å²) in [5.41, 5.74) is 2.97. The molecule has 1 N–H and O–H groups in total. The number of nitrogens with zero attached hydrogens (tertiary/aromatic N) is 1. The third kappa shape index (κ3) is 1.64. The summed E-state index contributed by atoms with van der Waals surface area (Å²) in [4.78, 5) is 19.2. The van der Waals surface area contributed by atoms with Crippen molar-refractivity contribution in [2.45, 2.75) is 12.5 Å². The first-order valence-electron chi connectivity index (χ1n) is 5.58. The normalized spacial score (nSPS) is 39.7. The van der Waals surface area contributed by atoms with Gasteiger partial charge in [0.05, 0.1) is 25.2 Å². The molecule has 84 valence electrons. The zero-order valence-corrected chi connectivity index (χ0v) is 8.65. The van der Waals surface area contributed by atoms with Crippen LogP contribution in [-0.4, -0.2) is 49.8 Å². The molecule has 3 heterocycles. The largest absolute Gasteiger partial charge is 0.381 e. The van der Waals surface area contributed by atoms with Crippen LogP contribution in [0.2, 0.25) is 0 Å². The summed E-state index contributed by atoms with van der Waals surface area (Å²) in [7, 11) is 0. The average molecular weight is 212 g/mol. The molecule has 0 radical (unpaired) electrons. The van der Waals surface area contributed by atoms with Gasteiger partial charge in [0, 0.05) is 25.6 Å². The number of hydrogen-bond acceptors (Lipinski definition) is 4. The van der Waals surface area contributed by atoms with Crippen molar-refractivity contribution in [1.82, 2.24) is 10.4 Å². The molecular weight excluding hydrogens is 196 g/mol. The molecule has 3 fully saturated rings. The van der Waals surface area contributed by atoms with Crippen molar-refractivity contribution in [3.63, 3.8) is 0 Å². The maximum Gasteiger partial charge on any atom is 0.228 e. The van der Waals surface area contributed by atoms with Crippen LogP contribution in [0.3, 0.4) is 0 Å². The van der Waals surface area contributed by atoms with Gasteiger partial charge in [-0.2, -0.15) is 5.48 Å². The van der Waals surface area contributed by atoms with Gasteiger partial charge >= 0.3 is 0 Å². The van der Waals surface area contributed by atoms with Crippen molar-refractivity contribution in [3.05, 3.63) is 0 Å². The molecule has 0 saturated carbocycles. The minimum absolute atomic E-state index is 0.102. The number of rotatable bonds is 1. The molecule has 0 aromatic heterocycles. The lowest BCUT2D eigenvalue weighted by atomic mass is 10.1. The van der Waals surface area contributed by atoms with Gasteiger partial charge in [0.1, 0.15) is 0 Å². The van der Waals surface area contributed by atoms with Gasteiger partial charge in [-0.1, -0.05) is 0 Å². The van der Waals surface area contributed by atoms with E-state index in [1.165, 1.54) is 0 Å². The highest BCUT2D eigenvalue weighted by Crippen LogP contribution is 2.25. The molecule has 0 spiro atoms. The van der Waals surface area contributed by atoms with Crippen molar-refractivity contribution < 1.29 is 14.4 Å². The van der Waals surface area contributed by atoms with Crippen molar-refractivity contribution in [1.29, 1.82) is 0 Å². The van der Waals surface area contributed by atoms with E-state index in [1.54, 1.807) is 0 Å². The van der Waals surface area contributed by atoms with Crippen molar-refractivity contribution in [3.8, 4) is 0 Å². The van der Waals surface area contributed by atoms with Crippen LogP contribution in [0.15, 0.2) is 0 Å². The minimum Gasteiger partial charge on any atom is -0.381 e. The lowest BCUT2D eigenvalue weighted by molar-refractivity contribution is -0.135. The standard InChI is InChI=1S/C10H16N2O3/c13-10(7-1-2-14-5-7)12-3-8-6-15-11-9(8)4-12/h7-9,11H,1-6H2/t7-,8-,9+/m1/s1. The summed E-state index contributed by atoms with van der Waals surface area (Å²) in [5, 5.41) is 0. The number of carbonyl (C=O) groups is 1. The fourth-order valence-electron chi connectivity index (χ4n) is 2.60. The van der Waals surface area contributed by atoms with E-state index in [1.807, 2.05) is 4.90 Å². The Hall–Kier alpha value is -0.650. The highest BCUT2D eigenvalue weighted by molar-refractivity contribution is 5.79. The first kappa shape index (κ1) is 9.57. The predicted octanol–water partition coefficient (Wildman–Crippen LogP) is -0.615. The maximum atomic E-state index is 12.1. The number of nitrogens with one attached hydrogen (secondary N) is 1. The quantitative estimate of drug-likeness (QED) is 0.629. The van der Waals surface area contributed by atoms with Crippen LogP contribution in [0.5, 0.6) is 0 Å². The summed E-state index contributed by atoms with van der Waals surface area (Å²) in [6, 6.07) is 0.344. The molecule has 3 rings (SSSR count). The first-order chi connectivity index (χ1) is 7.34. The van der Waals surface area contributed by atoms with Gasteiger partial charge < -0.3 is 14.5 Å². The number of ether oxygens (including phenoxy) is 1. The molecule has 0 unspecified atom stereocenters. The van der Waals surface area contributed by atoms with E-state index in [2.05, 4.69) is 5.48 Å². The molecule has 3 saturated heterocycles. The SMILES string of the molecule is O=C([C@@H]1CCOC1)N1C[C@@H]2CON[C@H]2C1. The second-order valence-corrected chi connectivity index (χ2v) is 4.60. The second kappa shape index (κ2) is 3.73. The van der Waals surface area contributed by atoms with Crippen LogP contribution < -0.4 is 5.48 Å². The van der Waals surface area contributed by atoms with Crippen LogP contribution in [0, 0.1) is 11.8 Å². The lowest BCUT2D eigenvalue weighted by Gasteiger charge is -2.20. The van der Waals surface area contributed by atoms with Crippen LogP contribution in [-0.2, 0) is 14.4 Å². The number of likely N-dealkylation sites (tertiary alicyclic amines) is 1. The van der Waals surface area contributed by atoms with Crippen molar-refractivity contribution in [2.75, 3.05) is 32.9 Å². The van der Waals surface area contributed by atoms with E-state index >= 15 is 0 Å². The Bertz CT molecular complexity index is 253. The van der Waals surface area contributed by atoms with Gasteiger partial charge in [0.2, 0.25) is 5.91 Å². The van der Waals surface area contributed by atoms with Gasteiger partial charge in [-0.25, -0.2) is 0 Å². The zero-order valence-electron chi connectivity index (χ0n) is 8.65. The van der Waals surface area contributed by atoms with E-state index in [0.29, 0.717) is 18.6 Å². The highest BCUT2D eigenvalue weighted by Gasteiger charge is 2.41. The van der Waals surface area contributed by atoms with Gasteiger partial charge in [-0.15, -0.1) is 0 Å². The Balaban J connectivity index is 1.61. The molecule has 0 aromatic rings. The van der Waals surface area contributed by atoms with E-state index in [-0.39, 0.29) is 11.8 Å². The number of fused-ring (bicyclic) bond motifs is 1. The third-order valence-electron chi connectivity index (χ3n) is 3.56. The summed E-state index contributed by atoms with van der Waals surface area (Å²) in [5.74, 6) is 0.852. The Kier molecular flexibility index (Phi) is 2.38. The minimum atomic E-state index is 0.102. The van der Waals surface area contributed by atoms with Gasteiger partial charge in [0.15, 0.2) is 0 Å². The molecular formula is C10H16N2O3. The van der Waals surface area contributed by atoms with E-state index < -0.39 is 0 Å². The van der Waals surface area contributed by atoms with Crippen LogP contribution in [0.4, 0.5) is 0 Å². The third-order valence-corrected chi connectivity index (χ3v) is 3.56. The molecule has 0 aliphatic carbocycles. The Labute approximate surface area is 88.7 Å². The predicted molar refractivity (Wildman–Crippen MR) is 51.9 cm³/mol. The lowest BCUT2D eigenvalue weighted by Crippen LogP contribution is -2.37. The molecule has 3 atom stereocenters. The molecule has 1 amide bonds. The Morgan fingerprint density at radius 3 is 3.00 bits per heavy atom. The smallest absolute Gasteiger partial charge is 0.228 e. The number of carbonyl (C=O) groups excluding carboxylic acids is 1. The van der Waals surface area contributed by atoms with Crippen molar-refractivity contribution in [2.24, 2.45) is 11.8 Å². The summed E-state index contributed by atoms with van der Waals surface area (Å²) >= 11 is 0. The van der Waals surface area contributed by atoms with Crippen LogP contribution >= 0.6 is 0 Å². The second-order valence-electron chi connectivity index (χ2n) is 4.60. The fraction of sp³-hybridized carbons (Fsp3) is 0.900. The molecule has 15 heavy (non-hydrogen) atoms. The molecule has 5 heteroatoms. The zero-order chi connectivity index (χ0) is 10.3. The van der Waals surface area contributed by atoms with Crippen LogP contribution in [0.1, 0.15) is 6.42 Å². The monoisotopic (exact) mass is 212 g/mol. The molecule has 3 aliphatic rings. The summed E-state index contributed by atoms with van der Waals surface area (Å²) < 4.78 is 5.24. The number of amides is 1. The van der Waals surface area contributed by atoms with E-state index in [9.17, 15) is 4.79 Å². The molecule has 0 bridgehead atoms. The average Bonchev–Trinajstić information content (AvgIpc) is 2.92. The van der Waals surface area contributed by atoms with Gasteiger partial charge in [-0.3, -0.25) is 4.79 Å². The number of hydrogen-bond donors (Lipinski definition) is 1. The molecule has 3 aliphatic heterocycles. The Morgan fingerprint density at radius 2 is 2.27 bits per heavy atom. The highest BCUT2D eigenvalue weighted by atomic mass is 16.7. The molecule has 5 nitrogen and oxygen atoms in total. The fourth-order valence-corrected chi connectivity index (χ4v) is 2.60. The van der Waals surface area contributed by atoms with E-state index in [0.717, 1.165) is 32.7 Å². The van der Waals surface area contributed by atoms with Crippen molar-refractivity contribution >= 4 is 5.91 Å². The van der Waals surface area contributed by atoms with E-state index in [4.69, 9.17) is 9.57 Å². The first-order valence-corrected chi connectivity index (χ1v) is 5.58. The summed E-state index contributed by atoms with van der Waals surface area (Å²) in [6.07, 6.45) is 0.884. The molecule has 0 aromatic carbocycles. The van der Waals surface area contributed by atoms with Gasteiger partial charge in [0.25, 0.3) is 0 Å². The maximum absolute atomic E-state index is 12.1.